The molecule has 0 unspecified atom stereocenters. The zero-order valence-electron chi connectivity index (χ0n) is 8.55. The summed E-state index contributed by atoms with van der Waals surface area (Å²) in [6, 6.07) is 0.330. The largest absolute Gasteiger partial charge is 0.480 e. The zero-order chi connectivity index (χ0) is 10.8. The molecule has 0 amide bonds. The number of carbonyl (C=O) groups is 1. The lowest BCUT2D eigenvalue weighted by molar-refractivity contribution is -0.135. The summed E-state index contributed by atoms with van der Waals surface area (Å²) in [5, 5.41) is 8.82. The number of hydrogen-bond donors (Lipinski definition) is 1. The fraction of sp³-hybridized carbons (Fsp3) is 0.500. The van der Waals surface area contributed by atoms with Crippen molar-refractivity contribution in [3.63, 3.8) is 0 Å². The number of aliphatic carboxylic acids is 1. The van der Waals surface area contributed by atoms with Crippen molar-refractivity contribution in [3.05, 3.63) is 18.1 Å². The molecule has 80 valence electrons. The molecule has 1 aliphatic rings. The van der Waals surface area contributed by atoms with Gasteiger partial charge < -0.3 is 10.0 Å². The second kappa shape index (κ2) is 3.84. The Morgan fingerprint density at radius 3 is 2.73 bits per heavy atom. The van der Waals surface area contributed by atoms with E-state index in [-0.39, 0.29) is 6.54 Å². The number of nitrogens with zero attached hydrogens (tertiary/aromatic N) is 3. The van der Waals surface area contributed by atoms with Crippen LogP contribution in [0.2, 0.25) is 0 Å². The second-order valence-electron chi connectivity index (χ2n) is 3.72. The van der Waals surface area contributed by atoms with E-state index in [2.05, 4.69) is 9.97 Å². The van der Waals surface area contributed by atoms with Gasteiger partial charge in [0.2, 0.25) is 0 Å². The summed E-state index contributed by atoms with van der Waals surface area (Å²) in [6.45, 7) is 1.85. The van der Waals surface area contributed by atoms with Crippen molar-refractivity contribution in [1.29, 1.82) is 0 Å². The van der Waals surface area contributed by atoms with Crippen LogP contribution in [0.25, 0.3) is 0 Å². The van der Waals surface area contributed by atoms with Gasteiger partial charge in [0.1, 0.15) is 6.54 Å². The molecule has 0 aromatic carbocycles. The molecule has 1 saturated carbocycles. The molecule has 1 aromatic rings. The lowest BCUT2D eigenvalue weighted by Gasteiger charge is -2.22. The molecule has 2 rings (SSSR count). The van der Waals surface area contributed by atoms with Crippen LogP contribution in [0.4, 0.5) is 5.82 Å². The maximum absolute atomic E-state index is 10.7. The zero-order valence-corrected chi connectivity index (χ0v) is 8.55. The molecule has 15 heavy (non-hydrogen) atoms. The molecule has 1 fully saturated rings. The number of aromatic nitrogens is 2. The molecule has 1 aromatic heterocycles. The minimum absolute atomic E-state index is 0.00417. The standard InChI is InChI=1S/C10H13N3O2/c1-7-10(12-5-4-11-7)13(6-9(14)15)8-2-3-8/h4-5,8H,2-3,6H2,1H3,(H,14,15). The Balaban J connectivity index is 2.24. The minimum atomic E-state index is -0.827. The minimum Gasteiger partial charge on any atom is -0.480 e. The number of rotatable bonds is 4. The van der Waals surface area contributed by atoms with Crippen LogP contribution in [-0.2, 0) is 4.79 Å². The maximum Gasteiger partial charge on any atom is 0.323 e. The smallest absolute Gasteiger partial charge is 0.323 e. The van der Waals surface area contributed by atoms with Crippen molar-refractivity contribution in [1.82, 2.24) is 9.97 Å². The molecule has 0 bridgehead atoms. The van der Waals surface area contributed by atoms with Crippen LogP contribution in [-0.4, -0.2) is 33.6 Å². The Morgan fingerprint density at radius 1 is 1.53 bits per heavy atom. The molecular weight excluding hydrogens is 194 g/mol. The molecule has 1 N–H and O–H groups in total. The van der Waals surface area contributed by atoms with Gasteiger partial charge in [0.25, 0.3) is 0 Å². The van der Waals surface area contributed by atoms with Crippen LogP contribution < -0.4 is 4.90 Å². The number of anilines is 1. The third kappa shape index (κ3) is 2.23. The third-order valence-corrected chi connectivity index (χ3v) is 2.42. The van der Waals surface area contributed by atoms with Gasteiger partial charge in [-0.1, -0.05) is 0 Å². The van der Waals surface area contributed by atoms with Gasteiger partial charge in [-0.3, -0.25) is 9.78 Å². The van der Waals surface area contributed by atoms with Crippen molar-refractivity contribution in [2.75, 3.05) is 11.4 Å². The molecular formula is C10H13N3O2. The van der Waals surface area contributed by atoms with Crippen molar-refractivity contribution in [3.8, 4) is 0 Å². The fourth-order valence-electron chi connectivity index (χ4n) is 1.59. The summed E-state index contributed by atoms with van der Waals surface area (Å²) in [5.41, 5.74) is 0.783. The van der Waals surface area contributed by atoms with Crippen LogP contribution in [0.15, 0.2) is 12.4 Å². The summed E-state index contributed by atoms with van der Waals surface area (Å²) in [4.78, 5) is 20.9. The number of aryl methyl sites for hydroxylation is 1. The van der Waals surface area contributed by atoms with Crippen LogP contribution >= 0.6 is 0 Å². The van der Waals surface area contributed by atoms with Gasteiger partial charge >= 0.3 is 5.97 Å². The molecule has 5 nitrogen and oxygen atoms in total. The molecule has 0 radical (unpaired) electrons. The van der Waals surface area contributed by atoms with Gasteiger partial charge in [-0.2, -0.15) is 0 Å². The summed E-state index contributed by atoms with van der Waals surface area (Å²) >= 11 is 0. The molecule has 0 spiro atoms. The Bertz CT molecular complexity index is 377. The lowest BCUT2D eigenvalue weighted by atomic mass is 10.3. The fourth-order valence-corrected chi connectivity index (χ4v) is 1.59. The summed E-state index contributed by atoms with van der Waals surface area (Å²) < 4.78 is 0. The molecule has 0 atom stereocenters. The normalized spacial score (nSPS) is 15.0. The first-order valence-electron chi connectivity index (χ1n) is 4.94. The second-order valence-corrected chi connectivity index (χ2v) is 3.72. The first kappa shape index (κ1) is 9.89. The maximum atomic E-state index is 10.7. The predicted octanol–water partition coefficient (Wildman–Crippen LogP) is 0.838. The van der Waals surface area contributed by atoms with Gasteiger partial charge in [-0.05, 0) is 19.8 Å². The highest BCUT2D eigenvalue weighted by molar-refractivity contribution is 5.73. The first-order chi connectivity index (χ1) is 7.18. The van der Waals surface area contributed by atoms with Gasteiger partial charge in [-0.15, -0.1) is 0 Å². The van der Waals surface area contributed by atoms with Crippen molar-refractivity contribution < 1.29 is 9.90 Å². The van der Waals surface area contributed by atoms with E-state index in [1.54, 1.807) is 12.4 Å². The highest BCUT2D eigenvalue weighted by atomic mass is 16.4. The van der Waals surface area contributed by atoms with Crippen molar-refractivity contribution in [2.45, 2.75) is 25.8 Å². The number of carboxylic acids is 1. The Kier molecular flexibility index (Phi) is 2.53. The molecule has 0 aliphatic heterocycles. The van der Waals surface area contributed by atoms with Crippen molar-refractivity contribution >= 4 is 11.8 Å². The molecule has 5 heteroatoms. The molecule has 1 aliphatic carbocycles. The predicted molar refractivity (Wildman–Crippen MR) is 54.8 cm³/mol. The average molecular weight is 207 g/mol. The number of hydrogen-bond acceptors (Lipinski definition) is 4. The van der Waals surface area contributed by atoms with Crippen LogP contribution in [0.1, 0.15) is 18.5 Å². The van der Waals surface area contributed by atoms with E-state index in [0.29, 0.717) is 11.9 Å². The Morgan fingerprint density at radius 2 is 2.20 bits per heavy atom. The SMILES string of the molecule is Cc1nccnc1N(CC(=O)O)C1CC1. The van der Waals surface area contributed by atoms with Crippen LogP contribution in [0, 0.1) is 6.92 Å². The van der Waals surface area contributed by atoms with Crippen LogP contribution in [0.3, 0.4) is 0 Å². The van der Waals surface area contributed by atoms with Crippen LogP contribution in [0.5, 0.6) is 0 Å². The molecule has 0 saturated heterocycles. The number of carboxylic acid groups (broad SMARTS) is 1. The van der Waals surface area contributed by atoms with E-state index in [1.165, 1.54) is 0 Å². The summed E-state index contributed by atoms with van der Waals surface area (Å²) in [6.07, 6.45) is 5.30. The third-order valence-electron chi connectivity index (χ3n) is 2.42. The average Bonchev–Trinajstić information content (AvgIpc) is 2.98. The van der Waals surface area contributed by atoms with Crippen molar-refractivity contribution in [2.24, 2.45) is 0 Å². The monoisotopic (exact) mass is 207 g/mol. The van der Waals surface area contributed by atoms with E-state index in [0.717, 1.165) is 18.5 Å². The van der Waals surface area contributed by atoms with E-state index < -0.39 is 5.97 Å². The van der Waals surface area contributed by atoms with Gasteiger partial charge in [-0.25, -0.2) is 4.98 Å². The Hall–Kier alpha value is -1.65. The van der Waals surface area contributed by atoms with Gasteiger partial charge in [0.15, 0.2) is 5.82 Å². The Labute approximate surface area is 87.8 Å². The lowest BCUT2D eigenvalue weighted by Crippen LogP contribution is -2.33. The summed E-state index contributed by atoms with van der Waals surface area (Å²) in [5.74, 6) is -0.130. The van der Waals surface area contributed by atoms with E-state index in [1.807, 2.05) is 11.8 Å². The van der Waals surface area contributed by atoms with Gasteiger partial charge in [0.05, 0.1) is 5.69 Å². The quantitative estimate of drug-likeness (QED) is 0.792. The topological polar surface area (TPSA) is 66.3 Å². The van der Waals surface area contributed by atoms with Gasteiger partial charge in [0, 0.05) is 18.4 Å². The molecule has 1 heterocycles. The van der Waals surface area contributed by atoms with E-state index in [9.17, 15) is 4.79 Å². The summed E-state index contributed by atoms with van der Waals surface area (Å²) in [7, 11) is 0. The highest BCUT2D eigenvalue weighted by Crippen LogP contribution is 2.31. The van der Waals surface area contributed by atoms with E-state index >= 15 is 0 Å². The highest BCUT2D eigenvalue weighted by Gasteiger charge is 2.32. The first-order valence-corrected chi connectivity index (χ1v) is 4.94. The van der Waals surface area contributed by atoms with E-state index in [4.69, 9.17) is 5.11 Å².